The number of nitrogens with zero attached hydrogens (tertiary/aromatic N) is 4. The van der Waals surface area contributed by atoms with Gasteiger partial charge in [0, 0.05) is 37.4 Å². The Morgan fingerprint density at radius 1 is 1.28 bits per heavy atom. The summed E-state index contributed by atoms with van der Waals surface area (Å²) in [5.74, 6) is 1.59. The van der Waals surface area contributed by atoms with Gasteiger partial charge in [0.1, 0.15) is 5.82 Å². The lowest BCUT2D eigenvalue weighted by Gasteiger charge is -2.28. The summed E-state index contributed by atoms with van der Waals surface area (Å²) in [7, 11) is 3.95. The number of rotatable bonds is 7. The van der Waals surface area contributed by atoms with Gasteiger partial charge in [0.25, 0.3) is 5.91 Å². The van der Waals surface area contributed by atoms with Gasteiger partial charge in [-0.2, -0.15) is 9.78 Å². The number of amides is 1. The number of carbonyl (C=O) groups is 1. The molecule has 1 unspecified atom stereocenters. The number of aromatic nitrogens is 3. The zero-order valence-electron chi connectivity index (χ0n) is 17.1. The van der Waals surface area contributed by atoms with E-state index in [0.717, 1.165) is 48.4 Å². The molecule has 9 heteroatoms. The van der Waals surface area contributed by atoms with E-state index < -0.39 is 0 Å². The van der Waals surface area contributed by atoms with E-state index >= 15 is 0 Å². The summed E-state index contributed by atoms with van der Waals surface area (Å²) in [4.78, 5) is 15.8. The van der Waals surface area contributed by atoms with Gasteiger partial charge in [-0.05, 0) is 49.3 Å². The van der Waals surface area contributed by atoms with Gasteiger partial charge in [-0.1, -0.05) is 0 Å². The van der Waals surface area contributed by atoms with E-state index in [4.69, 9.17) is 17.0 Å². The van der Waals surface area contributed by atoms with Gasteiger partial charge < -0.3 is 24.4 Å². The lowest BCUT2D eigenvalue weighted by molar-refractivity contribution is -0.895. The maximum absolute atomic E-state index is 12.5. The molecule has 2 aliphatic rings. The van der Waals surface area contributed by atoms with E-state index in [1.165, 1.54) is 12.8 Å². The zero-order chi connectivity index (χ0) is 20.4. The van der Waals surface area contributed by atoms with Crippen molar-refractivity contribution in [1.82, 2.24) is 14.3 Å². The standard InChI is InChI=1S/C20H28N6O2S/c1-23(14-26-20(29)24(2)19(22-26)15-3-4-15)13-18(27)21-16-5-7-17(8-6-16)25-9-11-28-12-10-25/h5-8,15H,3-4,9-14H2,1-2H3,(H,21,27)/p+1. The molecule has 1 saturated heterocycles. The molecular formula is C20H29N6O2S+. The van der Waals surface area contributed by atoms with Gasteiger partial charge in [-0.25, -0.2) is 0 Å². The van der Waals surface area contributed by atoms with E-state index in [9.17, 15) is 4.79 Å². The molecule has 0 bridgehead atoms. The molecular weight excluding hydrogens is 388 g/mol. The minimum Gasteiger partial charge on any atom is -0.378 e. The van der Waals surface area contributed by atoms with E-state index in [-0.39, 0.29) is 5.91 Å². The van der Waals surface area contributed by atoms with Crippen LogP contribution in [0.2, 0.25) is 0 Å². The maximum Gasteiger partial charge on any atom is 0.279 e. The number of nitrogens with one attached hydrogen (secondary N) is 2. The number of ether oxygens (including phenoxy) is 1. The molecule has 2 N–H and O–H groups in total. The highest BCUT2D eigenvalue weighted by Gasteiger charge is 2.29. The molecule has 156 valence electrons. The number of benzene rings is 1. The fourth-order valence-electron chi connectivity index (χ4n) is 3.67. The highest BCUT2D eigenvalue weighted by atomic mass is 32.1. The van der Waals surface area contributed by atoms with E-state index in [2.05, 4.69) is 15.3 Å². The van der Waals surface area contributed by atoms with Crippen LogP contribution in [0.1, 0.15) is 24.6 Å². The Hall–Kier alpha value is -2.23. The number of anilines is 2. The normalized spacial score (nSPS) is 17.9. The van der Waals surface area contributed by atoms with Crippen LogP contribution in [0.15, 0.2) is 24.3 Å². The van der Waals surface area contributed by atoms with Crippen LogP contribution in [0, 0.1) is 4.77 Å². The molecule has 4 rings (SSSR count). The molecule has 1 amide bonds. The van der Waals surface area contributed by atoms with E-state index in [0.29, 0.717) is 23.9 Å². The summed E-state index contributed by atoms with van der Waals surface area (Å²) < 4.78 is 9.94. The molecule has 0 radical (unpaired) electrons. The number of hydrogen-bond acceptors (Lipinski definition) is 5. The number of likely N-dealkylation sites (N-methyl/N-ethyl adjacent to an activating group) is 1. The molecule has 1 aliphatic heterocycles. The maximum atomic E-state index is 12.5. The van der Waals surface area contributed by atoms with Crippen LogP contribution in [0.25, 0.3) is 0 Å². The first kappa shape index (κ1) is 20.1. The molecule has 1 aliphatic carbocycles. The third-order valence-corrected chi connectivity index (χ3v) is 5.91. The predicted molar refractivity (Wildman–Crippen MR) is 114 cm³/mol. The molecule has 2 fully saturated rings. The Bertz CT molecular complexity index is 912. The monoisotopic (exact) mass is 417 g/mol. The number of morpholine rings is 1. The second-order valence-corrected chi connectivity index (χ2v) is 8.33. The van der Waals surface area contributed by atoms with Crippen molar-refractivity contribution >= 4 is 29.5 Å². The van der Waals surface area contributed by atoms with Crippen molar-refractivity contribution in [3.05, 3.63) is 34.9 Å². The number of carbonyl (C=O) groups excluding carboxylic acids is 1. The Balaban J connectivity index is 1.30. The van der Waals surface area contributed by atoms with Crippen LogP contribution in [0.4, 0.5) is 11.4 Å². The SMILES string of the molecule is Cn1c(C2CC2)nn(C[NH+](C)CC(=O)Nc2ccc(N3CCOCC3)cc2)c1=S. The fraction of sp³-hybridized carbons (Fsp3) is 0.550. The molecule has 1 aromatic carbocycles. The first-order valence-corrected chi connectivity index (χ1v) is 10.6. The average Bonchev–Trinajstić information content (AvgIpc) is 3.52. The van der Waals surface area contributed by atoms with Gasteiger partial charge in [0.15, 0.2) is 13.2 Å². The van der Waals surface area contributed by atoms with Gasteiger partial charge >= 0.3 is 0 Å². The third-order valence-electron chi connectivity index (χ3n) is 5.43. The minimum absolute atomic E-state index is 0.0218. The van der Waals surface area contributed by atoms with Crippen LogP contribution in [-0.4, -0.2) is 60.2 Å². The Labute approximate surface area is 176 Å². The predicted octanol–water partition coefficient (Wildman–Crippen LogP) is 0.776. The van der Waals surface area contributed by atoms with E-state index in [1.807, 2.05) is 47.6 Å². The molecule has 29 heavy (non-hydrogen) atoms. The highest BCUT2D eigenvalue weighted by Crippen LogP contribution is 2.38. The largest absolute Gasteiger partial charge is 0.378 e. The molecule has 1 saturated carbocycles. The van der Waals surface area contributed by atoms with E-state index in [1.54, 1.807) is 0 Å². The topological polar surface area (TPSA) is 68.8 Å². The smallest absolute Gasteiger partial charge is 0.279 e. The van der Waals surface area contributed by atoms with Gasteiger partial charge in [0.2, 0.25) is 4.77 Å². The van der Waals surface area contributed by atoms with Crippen LogP contribution in [-0.2, 0) is 23.2 Å². The van der Waals surface area contributed by atoms with Crippen molar-refractivity contribution in [2.24, 2.45) is 7.05 Å². The number of hydrogen-bond donors (Lipinski definition) is 2. The Kier molecular flexibility index (Phi) is 5.98. The van der Waals surface area contributed by atoms with Crippen molar-refractivity contribution in [3.8, 4) is 0 Å². The lowest BCUT2D eigenvalue weighted by atomic mass is 10.2. The first-order valence-electron chi connectivity index (χ1n) is 10.2. The summed E-state index contributed by atoms with van der Waals surface area (Å²) in [6.45, 7) is 4.24. The van der Waals surface area contributed by atoms with Crippen molar-refractivity contribution < 1.29 is 14.4 Å². The molecule has 8 nitrogen and oxygen atoms in total. The summed E-state index contributed by atoms with van der Waals surface area (Å²) in [5.41, 5.74) is 1.97. The second-order valence-electron chi connectivity index (χ2n) is 7.96. The van der Waals surface area contributed by atoms with Gasteiger partial charge in [-0.3, -0.25) is 4.79 Å². The van der Waals surface area contributed by atoms with Crippen LogP contribution in [0.3, 0.4) is 0 Å². The van der Waals surface area contributed by atoms with Crippen molar-refractivity contribution in [3.63, 3.8) is 0 Å². The van der Waals surface area contributed by atoms with Crippen molar-refractivity contribution in [2.75, 3.05) is 50.1 Å². The first-order chi connectivity index (χ1) is 14.0. The van der Waals surface area contributed by atoms with Crippen molar-refractivity contribution in [1.29, 1.82) is 0 Å². The summed E-state index contributed by atoms with van der Waals surface area (Å²) >= 11 is 5.50. The average molecular weight is 418 g/mol. The molecule has 2 aromatic rings. The Morgan fingerprint density at radius 2 is 1.97 bits per heavy atom. The molecule has 2 heterocycles. The molecule has 0 spiro atoms. The molecule has 1 aromatic heterocycles. The third kappa shape index (κ3) is 4.85. The second kappa shape index (κ2) is 8.64. The lowest BCUT2D eigenvalue weighted by Crippen LogP contribution is -3.09. The number of quaternary nitrogens is 1. The quantitative estimate of drug-likeness (QED) is 0.652. The van der Waals surface area contributed by atoms with Crippen molar-refractivity contribution in [2.45, 2.75) is 25.4 Å². The zero-order valence-corrected chi connectivity index (χ0v) is 17.9. The summed E-state index contributed by atoms with van der Waals surface area (Å²) in [5, 5.41) is 7.65. The van der Waals surface area contributed by atoms with Crippen LogP contribution < -0.4 is 15.1 Å². The highest BCUT2D eigenvalue weighted by molar-refractivity contribution is 7.71. The molecule has 1 atom stereocenters. The minimum atomic E-state index is -0.0218. The van der Waals surface area contributed by atoms with Crippen LogP contribution >= 0.6 is 12.2 Å². The summed E-state index contributed by atoms with van der Waals surface area (Å²) in [6.07, 6.45) is 2.38. The fourth-order valence-corrected chi connectivity index (χ4v) is 3.87. The Morgan fingerprint density at radius 3 is 2.62 bits per heavy atom. The van der Waals surface area contributed by atoms with Gasteiger partial charge in [-0.15, -0.1) is 0 Å². The summed E-state index contributed by atoms with van der Waals surface area (Å²) in [6, 6.07) is 8.00. The van der Waals surface area contributed by atoms with Crippen LogP contribution in [0.5, 0.6) is 0 Å². The van der Waals surface area contributed by atoms with Gasteiger partial charge in [0.05, 0.1) is 20.3 Å².